The van der Waals surface area contributed by atoms with Crippen molar-refractivity contribution < 1.29 is 9.13 Å². The fraction of sp³-hybridized carbons (Fsp3) is 0.556. The fourth-order valence-electron chi connectivity index (χ4n) is 3.50. The number of aryl methyl sites for hydroxylation is 1. The van der Waals surface area contributed by atoms with Gasteiger partial charge in [0.25, 0.3) is 0 Å². The van der Waals surface area contributed by atoms with E-state index in [9.17, 15) is 4.39 Å². The number of anilines is 1. The van der Waals surface area contributed by atoms with E-state index in [0.29, 0.717) is 13.2 Å². The summed E-state index contributed by atoms with van der Waals surface area (Å²) in [5, 5.41) is 8.75. The van der Waals surface area contributed by atoms with E-state index in [1.807, 2.05) is 19.9 Å². The molecule has 3 rings (SSSR count). The number of rotatable bonds is 6. The third-order valence-corrected chi connectivity index (χ3v) is 4.66. The van der Waals surface area contributed by atoms with Crippen molar-refractivity contribution in [1.29, 1.82) is 0 Å². The fourth-order valence-corrected chi connectivity index (χ4v) is 3.50. The van der Waals surface area contributed by atoms with Crippen LogP contribution in [0.3, 0.4) is 0 Å². The first-order valence-corrected chi connectivity index (χ1v) is 8.68. The highest BCUT2D eigenvalue weighted by Crippen LogP contribution is 2.37. The number of hydrogen-bond acceptors (Lipinski definition) is 4. The Hall–Kier alpha value is -1.95. The first-order valence-electron chi connectivity index (χ1n) is 8.68. The van der Waals surface area contributed by atoms with Crippen molar-refractivity contribution in [2.45, 2.75) is 52.8 Å². The molecule has 130 valence electrons. The summed E-state index contributed by atoms with van der Waals surface area (Å²) in [4.78, 5) is 2.30. The molecule has 0 radical (unpaired) electrons. The van der Waals surface area contributed by atoms with Crippen molar-refractivity contribution in [2.75, 3.05) is 18.1 Å². The van der Waals surface area contributed by atoms with Crippen LogP contribution in [0.4, 0.5) is 10.3 Å². The number of aromatic nitrogens is 3. The Bertz CT molecular complexity index is 700. The molecule has 1 saturated heterocycles. The van der Waals surface area contributed by atoms with Crippen molar-refractivity contribution in [3.8, 4) is 0 Å². The van der Waals surface area contributed by atoms with E-state index in [4.69, 9.17) is 4.74 Å². The maximum atomic E-state index is 13.4. The lowest BCUT2D eigenvalue weighted by molar-refractivity contribution is 0.125. The van der Waals surface area contributed by atoms with Crippen LogP contribution < -0.4 is 4.90 Å². The van der Waals surface area contributed by atoms with Crippen molar-refractivity contribution in [3.05, 3.63) is 41.0 Å². The molecule has 2 aromatic rings. The molecule has 1 aliphatic heterocycles. The summed E-state index contributed by atoms with van der Waals surface area (Å²) in [6.45, 7) is 8.92. The first-order chi connectivity index (χ1) is 11.7. The minimum Gasteiger partial charge on any atom is -0.374 e. The van der Waals surface area contributed by atoms with E-state index < -0.39 is 0 Å². The Labute approximate surface area is 142 Å². The van der Waals surface area contributed by atoms with Gasteiger partial charge in [-0.3, -0.25) is 4.57 Å². The summed E-state index contributed by atoms with van der Waals surface area (Å²) in [7, 11) is 0. The highest BCUT2D eigenvalue weighted by Gasteiger charge is 2.31. The first kappa shape index (κ1) is 16.9. The van der Waals surface area contributed by atoms with E-state index in [-0.39, 0.29) is 11.9 Å². The quantitative estimate of drug-likeness (QED) is 0.810. The molecular formula is C18H25FN4O. The molecule has 6 heteroatoms. The van der Waals surface area contributed by atoms with E-state index in [2.05, 4.69) is 26.6 Å². The molecule has 5 nitrogen and oxygen atoms in total. The molecule has 0 aliphatic carbocycles. The highest BCUT2D eigenvalue weighted by atomic mass is 19.1. The summed E-state index contributed by atoms with van der Waals surface area (Å²) in [6.07, 6.45) is 2.14. The van der Waals surface area contributed by atoms with E-state index >= 15 is 0 Å². The number of hydrogen-bond donors (Lipinski definition) is 0. The van der Waals surface area contributed by atoms with Crippen molar-refractivity contribution >= 4 is 5.95 Å². The van der Waals surface area contributed by atoms with Crippen LogP contribution >= 0.6 is 0 Å². The van der Waals surface area contributed by atoms with Gasteiger partial charge in [0.05, 0.1) is 6.04 Å². The highest BCUT2D eigenvalue weighted by molar-refractivity contribution is 5.42. The van der Waals surface area contributed by atoms with Gasteiger partial charge in [0, 0.05) is 19.7 Å². The third kappa shape index (κ3) is 3.15. The Morgan fingerprint density at radius 3 is 2.83 bits per heavy atom. The molecule has 0 amide bonds. The van der Waals surface area contributed by atoms with Crippen LogP contribution in [0.1, 0.15) is 49.7 Å². The maximum Gasteiger partial charge on any atom is 0.227 e. The Morgan fingerprint density at radius 1 is 1.29 bits per heavy atom. The van der Waals surface area contributed by atoms with Gasteiger partial charge in [0.15, 0.2) is 5.82 Å². The second-order valence-corrected chi connectivity index (χ2v) is 6.15. The second kappa shape index (κ2) is 7.30. The average Bonchev–Trinajstić information content (AvgIpc) is 3.18. The van der Waals surface area contributed by atoms with Gasteiger partial charge < -0.3 is 9.64 Å². The zero-order valence-electron chi connectivity index (χ0n) is 14.6. The van der Waals surface area contributed by atoms with Crippen LogP contribution in [0, 0.1) is 12.7 Å². The molecule has 0 bridgehead atoms. The lowest BCUT2D eigenvalue weighted by atomic mass is 9.99. The molecule has 1 atom stereocenters. The molecule has 24 heavy (non-hydrogen) atoms. The predicted molar refractivity (Wildman–Crippen MR) is 91.5 cm³/mol. The molecule has 0 saturated carbocycles. The second-order valence-electron chi connectivity index (χ2n) is 6.15. The van der Waals surface area contributed by atoms with Gasteiger partial charge >= 0.3 is 0 Å². The molecule has 1 aliphatic rings. The summed E-state index contributed by atoms with van der Waals surface area (Å²) in [6, 6.07) is 5.28. The average molecular weight is 332 g/mol. The Kier molecular flexibility index (Phi) is 5.14. The van der Waals surface area contributed by atoms with Gasteiger partial charge in [0.1, 0.15) is 12.4 Å². The summed E-state index contributed by atoms with van der Waals surface area (Å²) >= 11 is 0. The van der Waals surface area contributed by atoms with Gasteiger partial charge in [-0.25, -0.2) is 4.39 Å². The van der Waals surface area contributed by atoms with Gasteiger partial charge in [-0.15, -0.1) is 10.2 Å². The third-order valence-electron chi connectivity index (χ3n) is 4.66. The molecule has 1 unspecified atom stereocenters. The largest absolute Gasteiger partial charge is 0.374 e. The normalized spacial score (nSPS) is 17.7. The number of halogens is 1. The Morgan fingerprint density at radius 2 is 2.12 bits per heavy atom. The molecule has 1 aromatic carbocycles. The van der Waals surface area contributed by atoms with Crippen molar-refractivity contribution in [1.82, 2.24) is 14.8 Å². The minimum atomic E-state index is -0.184. The smallest absolute Gasteiger partial charge is 0.227 e. The topological polar surface area (TPSA) is 43.2 Å². The molecule has 0 spiro atoms. The summed E-state index contributed by atoms with van der Waals surface area (Å²) in [5.74, 6) is 1.56. The zero-order valence-corrected chi connectivity index (χ0v) is 14.6. The SMILES string of the molecule is CCOCc1nnc(N2CCCC2c2ccc(F)cc2C)n1CC. The van der Waals surface area contributed by atoms with Crippen LogP contribution in [-0.4, -0.2) is 27.9 Å². The summed E-state index contributed by atoms with van der Waals surface area (Å²) < 4.78 is 21.1. The lowest BCUT2D eigenvalue weighted by Crippen LogP contribution is -2.26. The monoisotopic (exact) mass is 332 g/mol. The van der Waals surface area contributed by atoms with Crippen molar-refractivity contribution in [3.63, 3.8) is 0 Å². The molecule has 0 N–H and O–H groups in total. The standard InChI is InChI=1S/C18H25FN4O/c1-4-22-17(12-24-5-2)20-21-18(22)23-10-6-7-16(23)15-9-8-14(19)11-13(15)3/h8-9,11,16H,4-7,10,12H2,1-3H3. The van der Waals surface area contributed by atoms with Crippen LogP contribution in [0.2, 0.25) is 0 Å². The Balaban J connectivity index is 1.92. The van der Waals surface area contributed by atoms with Crippen LogP contribution in [0.15, 0.2) is 18.2 Å². The molecule has 1 aromatic heterocycles. The van der Waals surface area contributed by atoms with Gasteiger partial charge in [-0.05, 0) is 56.9 Å². The van der Waals surface area contributed by atoms with Gasteiger partial charge in [-0.1, -0.05) is 6.07 Å². The number of benzene rings is 1. The van der Waals surface area contributed by atoms with Crippen LogP contribution in [0.5, 0.6) is 0 Å². The van der Waals surface area contributed by atoms with E-state index in [0.717, 1.165) is 43.3 Å². The molecule has 2 heterocycles. The zero-order chi connectivity index (χ0) is 17.1. The molecule has 1 fully saturated rings. The minimum absolute atomic E-state index is 0.184. The van der Waals surface area contributed by atoms with Gasteiger partial charge in [0.2, 0.25) is 5.95 Å². The van der Waals surface area contributed by atoms with Crippen LogP contribution in [-0.2, 0) is 17.9 Å². The van der Waals surface area contributed by atoms with Crippen molar-refractivity contribution in [2.24, 2.45) is 0 Å². The number of nitrogens with zero attached hydrogens (tertiary/aromatic N) is 4. The van der Waals surface area contributed by atoms with Crippen LogP contribution in [0.25, 0.3) is 0 Å². The predicted octanol–water partition coefficient (Wildman–Crippen LogP) is 3.62. The summed E-state index contributed by atoms with van der Waals surface area (Å²) in [5.41, 5.74) is 2.16. The lowest BCUT2D eigenvalue weighted by Gasteiger charge is -2.27. The molecular weight excluding hydrogens is 307 g/mol. The van der Waals surface area contributed by atoms with Gasteiger partial charge in [-0.2, -0.15) is 0 Å². The maximum absolute atomic E-state index is 13.4. The number of ether oxygens (including phenoxy) is 1. The van der Waals surface area contributed by atoms with E-state index in [1.165, 1.54) is 5.56 Å². The van der Waals surface area contributed by atoms with E-state index in [1.54, 1.807) is 12.1 Å².